The van der Waals surface area contributed by atoms with Gasteiger partial charge in [0.1, 0.15) is 13.2 Å². The van der Waals surface area contributed by atoms with E-state index in [9.17, 15) is 24.0 Å². The van der Waals surface area contributed by atoms with Crippen LogP contribution in [-0.2, 0) is 47.7 Å². The van der Waals surface area contributed by atoms with Crippen LogP contribution in [0.1, 0.15) is 111 Å². The lowest BCUT2D eigenvalue weighted by Crippen LogP contribution is -2.51. The van der Waals surface area contributed by atoms with Crippen molar-refractivity contribution in [2.45, 2.75) is 129 Å². The number of carbonyl (C=O) groups is 5. The fourth-order valence-corrected chi connectivity index (χ4v) is 3.97. The van der Waals surface area contributed by atoms with Gasteiger partial charge in [0.25, 0.3) is 0 Å². The Morgan fingerprint density at radius 2 is 1.19 bits per heavy atom. The number of hydrogen-bond donors (Lipinski definition) is 0. The molecule has 0 aromatic carbocycles. The van der Waals surface area contributed by atoms with Gasteiger partial charge < -0.3 is 23.7 Å². The van der Waals surface area contributed by atoms with Crippen molar-refractivity contribution in [3.8, 4) is 0 Å². The summed E-state index contributed by atoms with van der Waals surface area (Å²) in [5.74, 6) is -4.36. The molecule has 3 unspecified atom stereocenters. The third-order valence-electron chi connectivity index (χ3n) is 5.93. The predicted octanol–water partition coefficient (Wildman–Crippen LogP) is 4.34. The Balaban J connectivity index is 2.25. The van der Waals surface area contributed by atoms with Crippen molar-refractivity contribution in [2.75, 3.05) is 13.2 Å². The first kappa shape index (κ1) is 32.4. The van der Waals surface area contributed by atoms with Gasteiger partial charge in [0, 0.05) is 20.3 Å². The number of unbranched alkanes of at least 4 members (excludes halogenated alkanes) is 12. The van der Waals surface area contributed by atoms with E-state index in [4.69, 9.17) is 23.7 Å². The Bertz CT molecular complexity index is 720. The molecule has 1 aliphatic rings. The van der Waals surface area contributed by atoms with Crippen molar-refractivity contribution in [1.82, 2.24) is 0 Å². The highest BCUT2D eigenvalue weighted by Gasteiger charge is 2.44. The number of carbonyl (C=O) groups excluding carboxylic acids is 5. The first-order valence-electron chi connectivity index (χ1n) is 13.6. The molecule has 1 fully saturated rings. The quantitative estimate of drug-likeness (QED) is 0.144. The molecule has 0 radical (unpaired) electrons. The van der Waals surface area contributed by atoms with Gasteiger partial charge in [-0.1, -0.05) is 84.0 Å². The molecular weight excluding hydrogens is 484 g/mol. The van der Waals surface area contributed by atoms with E-state index in [1.54, 1.807) is 0 Å². The molecule has 0 saturated carbocycles. The minimum Gasteiger partial charge on any atom is -0.462 e. The summed E-state index contributed by atoms with van der Waals surface area (Å²) >= 11 is 0. The van der Waals surface area contributed by atoms with Crippen molar-refractivity contribution >= 4 is 29.8 Å². The summed E-state index contributed by atoms with van der Waals surface area (Å²) in [4.78, 5) is 59.5. The van der Waals surface area contributed by atoms with Gasteiger partial charge in [-0.15, -0.1) is 0 Å². The summed E-state index contributed by atoms with van der Waals surface area (Å²) in [6.07, 6.45) is 11.2. The minimum atomic E-state index is -1.82. The molecule has 0 spiro atoms. The van der Waals surface area contributed by atoms with Gasteiger partial charge in [-0.3, -0.25) is 14.4 Å². The Labute approximate surface area is 220 Å². The largest absolute Gasteiger partial charge is 0.462 e. The average Bonchev–Trinajstić information content (AvgIpc) is 2.84. The lowest BCUT2D eigenvalue weighted by molar-refractivity contribution is -0.204. The summed E-state index contributed by atoms with van der Waals surface area (Å²) in [5, 5.41) is 0. The van der Waals surface area contributed by atoms with E-state index >= 15 is 0 Å². The summed E-state index contributed by atoms with van der Waals surface area (Å²) < 4.78 is 25.0. The normalized spacial score (nSPS) is 19.7. The molecule has 10 heteroatoms. The molecule has 0 aromatic rings. The molecule has 1 aliphatic heterocycles. The Hall–Kier alpha value is -2.65. The molecule has 1 heterocycles. The molecule has 3 atom stereocenters. The highest BCUT2D eigenvalue weighted by molar-refractivity contribution is 5.89. The zero-order valence-corrected chi connectivity index (χ0v) is 22.6. The second kappa shape index (κ2) is 19.5. The van der Waals surface area contributed by atoms with Crippen LogP contribution in [0.15, 0.2) is 0 Å². The van der Waals surface area contributed by atoms with Crippen molar-refractivity contribution in [1.29, 1.82) is 0 Å². The van der Waals surface area contributed by atoms with Gasteiger partial charge in [-0.25, -0.2) is 9.59 Å². The average molecular weight is 529 g/mol. The zero-order chi connectivity index (χ0) is 27.5. The molecule has 1 saturated heterocycles. The first-order valence-corrected chi connectivity index (χ1v) is 13.6. The summed E-state index contributed by atoms with van der Waals surface area (Å²) in [7, 11) is 0. The molecule has 0 aromatic heterocycles. The van der Waals surface area contributed by atoms with Crippen LogP contribution < -0.4 is 0 Å². The fourth-order valence-electron chi connectivity index (χ4n) is 3.97. The Morgan fingerprint density at radius 3 is 1.68 bits per heavy atom. The maximum atomic E-state index is 12.5. The number of rotatable bonds is 18. The van der Waals surface area contributed by atoms with Gasteiger partial charge in [0.15, 0.2) is 6.10 Å². The van der Waals surface area contributed by atoms with Gasteiger partial charge in [0.2, 0.25) is 12.2 Å². The van der Waals surface area contributed by atoms with Crippen LogP contribution >= 0.6 is 0 Å². The van der Waals surface area contributed by atoms with Gasteiger partial charge in [-0.05, 0) is 6.42 Å². The summed E-state index contributed by atoms with van der Waals surface area (Å²) in [6.45, 7) is 3.57. The monoisotopic (exact) mass is 528 g/mol. The van der Waals surface area contributed by atoms with Crippen LogP contribution in [0.25, 0.3) is 0 Å². The van der Waals surface area contributed by atoms with Crippen LogP contribution in [0, 0.1) is 0 Å². The lowest BCUT2D eigenvalue weighted by atomic mass is 10.0. The lowest BCUT2D eigenvalue weighted by Gasteiger charge is -2.28. The molecule has 212 valence electrons. The molecule has 0 amide bonds. The zero-order valence-electron chi connectivity index (χ0n) is 22.6. The third-order valence-corrected chi connectivity index (χ3v) is 5.93. The number of hydrogen-bond acceptors (Lipinski definition) is 10. The molecule has 1 rings (SSSR count). The molecule has 0 aliphatic carbocycles. The number of cyclic esters (lactones) is 2. The van der Waals surface area contributed by atoms with E-state index in [1.807, 2.05) is 0 Å². The van der Waals surface area contributed by atoms with Crippen molar-refractivity contribution < 1.29 is 47.7 Å². The van der Waals surface area contributed by atoms with Crippen LogP contribution in [0.4, 0.5) is 0 Å². The standard InChI is InChI=1S/C27H44O10/c1-4-5-6-7-8-9-10-11-12-13-14-15-16-17-23(30)33-18-22-19-34-26(31)24(35-20(2)28)25(27(32)37-22)36-21(3)29/h22,24-25H,4-19H2,1-3H3. The predicted molar refractivity (Wildman–Crippen MR) is 133 cm³/mol. The maximum Gasteiger partial charge on any atom is 0.352 e. The van der Waals surface area contributed by atoms with E-state index in [2.05, 4.69) is 6.92 Å². The van der Waals surface area contributed by atoms with Crippen LogP contribution in [0.2, 0.25) is 0 Å². The first-order chi connectivity index (χ1) is 17.7. The molecule has 0 bridgehead atoms. The SMILES string of the molecule is CCCCCCCCCCCCCCCC(=O)OCC1COC(=O)C(OC(C)=O)C(OC(C)=O)C(=O)O1. The second-order valence-electron chi connectivity index (χ2n) is 9.42. The van der Waals surface area contributed by atoms with Gasteiger partial charge in [-0.2, -0.15) is 0 Å². The Morgan fingerprint density at radius 1 is 0.730 bits per heavy atom. The Kier molecular flexibility index (Phi) is 17.0. The van der Waals surface area contributed by atoms with E-state index in [1.165, 1.54) is 57.8 Å². The van der Waals surface area contributed by atoms with E-state index < -0.39 is 54.8 Å². The van der Waals surface area contributed by atoms with Gasteiger partial charge >= 0.3 is 29.8 Å². The molecule has 10 nitrogen and oxygen atoms in total. The van der Waals surface area contributed by atoms with E-state index in [0.29, 0.717) is 6.42 Å². The third kappa shape index (κ3) is 15.3. The summed E-state index contributed by atoms with van der Waals surface area (Å²) in [5.41, 5.74) is 0. The molecule has 37 heavy (non-hydrogen) atoms. The van der Waals surface area contributed by atoms with Crippen LogP contribution in [-0.4, -0.2) is 61.4 Å². The summed E-state index contributed by atoms with van der Waals surface area (Å²) in [6, 6.07) is 0. The fraction of sp³-hybridized carbons (Fsp3) is 0.815. The van der Waals surface area contributed by atoms with E-state index in [-0.39, 0.29) is 13.0 Å². The van der Waals surface area contributed by atoms with Crippen molar-refractivity contribution in [3.63, 3.8) is 0 Å². The highest BCUT2D eigenvalue weighted by Crippen LogP contribution is 2.16. The van der Waals surface area contributed by atoms with Crippen molar-refractivity contribution in [3.05, 3.63) is 0 Å². The number of esters is 5. The van der Waals surface area contributed by atoms with Crippen LogP contribution in [0.3, 0.4) is 0 Å². The van der Waals surface area contributed by atoms with Gasteiger partial charge in [0.05, 0.1) is 0 Å². The second-order valence-corrected chi connectivity index (χ2v) is 9.42. The minimum absolute atomic E-state index is 0.239. The topological polar surface area (TPSA) is 132 Å². The van der Waals surface area contributed by atoms with Crippen LogP contribution in [0.5, 0.6) is 0 Å². The number of ether oxygens (including phenoxy) is 5. The van der Waals surface area contributed by atoms with E-state index in [0.717, 1.165) is 33.1 Å². The smallest absolute Gasteiger partial charge is 0.352 e. The molecular formula is C27H44O10. The maximum absolute atomic E-state index is 12.5. The molecule has 0 N–H and O–H groups in total. The van der Waals surface area contributed by atoms with Crippen molar-refractivity contribution in [2.24, 2.45) is 0 Å². The highest BCUT2D eigenvalue weighted by atomic mass is 16.7.